The summed E-state index contributed by atoms with van der Waals surface area (Å²) >= 11 is 33.5. The average Bonchev–Trinajstić information content (AvgIpc) is 3.12. The Balaban J connectivity index is 0.000000167. The van der Waals surface area contributed by atoms with E-state index in [1.807, 2.05) is 30.3 Å². The number of nitrogens with zero attached hydrogens (tertiary/aromatic N) is 1. The molecule has 8 rings (SSSR count). The van der Waals surface area contributed by atoms with Crippen LogP contribution in [0.25, 0.3) is 32.3 Å². The predicted molar refractivity (Wildman–Crippen MR) is 224 cm³/mol. The number of nitrogens with two attached hydrogens (primary N) is 1. The molecule has 0 aliphatic rings. The van der Waals surface area contributed by atoms with Crippen molar-refractivity contribution in [1.29, 1.82) is 0 Å². The second-order valence-electron chi connectivity index (χ2n) is 11.2. The highest BCUT2D eigenvalue weighted by Crippen LogP contribution is 2.44. The topological polar surface area (TPSA) is 29.3 Å². The summed E-state index contributed by atoms with van der Waals surface area (Å²) in [5, 5.41) is 9.77. The van der Waals surface area contributed by atoms with Crippen LogP contribution in [-0.2, 0) is 0 Å². The molecule has 0 fully saturated rings. The Labute approximate surface area is 324 Å². The number of hydrogen-bond acceptors (Lipinski definition) is 2. The highest BCUT2D eigenvalue weighted by molar-refractivity contribution is 9.10. The van der Waals surface area contributed by atoms with Crippen LogP contribution >= 0.6 is 73.9 Å². The molecule has 0 atom stereocenters. The third-order valence-electron chi connectivity index (χ3n) is 7.90. The Bertz CT molecular complexity index is 2330. The minimum atomic E-state index is 0.368. The van der Waals surface area contributed by atoms with Gasteiger partial charge in [-0.3, -0.25) is 0 Å². The lowest BCUT2D eigenvalue weighted by atomic mass is 10.1. The predicted octanol–water partition coefficient (Wildman–Crippen LogP) is 15.6. The SMILES string of the molecule is Brc1ccc2ccccc2c1.Clc1cccc(Cl)c1N(c1ccc2ccccc2c1)c1ccc2ccccc2c1.Nc1c(Cl)cc(Cl)cc1Cl. The first-order valence-corrected chi connectivity index (χ1v) is 18.1. The quantitative estimate of drug-likeness (QED) is 0.180. The van der Waals surface area contributed by atoms with E-state index < -0.39 is 0 Å². The first-order chi connectivity index (χ1) is 24.2. The third-order valence-corrected chi connectivity index (χ3v) is 9.85. The molecule has 0 amide bonds. The lowest BCUT2D eigenvalue weighted by molar-refractivity contribution is 1.29. The molecule has 248 valence electrons. The first-order valence-electron chi connectivity index (χ1n) is 15.4. The van der Waals surface area contributed by atoms with Gasteiger partial charge in [-0.25, -0.2) is 0 Å². The van der Waals surface area contributed by atoms with E-state index in [9.17, 15) is 0 Å². The van der Waals surface area contributed by atoms with Gasteiger partial charge in [-0.1, -0.05) is 171 Å². The molecule has 0 spiro atoms. The van der Waals surface area contributed by atoms with Crippen molar-refractivity contribution in [3.8, 4) is 0 Å². The van der Waals surface area contributed by atoms with Crippen LogP contribution < -0.4 is 10.6 Å². The first kappa shape index (κ1) is 35.9. The molecule has 8 aromatic rings. The van der Waals surface area contributed by atoms with Gasteiger partial charge in [0.05, 0.1) is 31.5 Å². The van der Waals surface area contributed by atoms with Crippen LogP contribution in [0, 0.1) is 0 Å². The summed E-state index contributed by atoms with van der Waals surface area (Å²) in [6, 6.07) is 52.8. The van der Waals surface area contributed by atoms with Crippen molar-refractivity contribution in [2.45, 2.75) is 0 Å². The highest BCUT2D eigenvalue weighted by atomic mass is 79.9. The van der Waals surface area contributed by atoms with Crippen molar-refractivity contribution in [1.82, 2.24) is 0 Å². The van der Waals surface area contributed by atoms with Crippen LogP contribution in [0.4, 0.5) is 22.7 Å². The minimum Gasteiger partial charge on any atom is -0.396 e. The maximum absolute atomic E-state index is 6.63. The van der Waals surface area contributed by atoms with Crippen LogP contribution in [0.15, 0.2) is 162 Å². The number of para-hydroxylation sites is 1. The average molecular weight is 818 g/mol. The van der Waals surface area contributed by atoms with E-state index in [0.29, 0.717) is 30.8 Å². The highest BCUT2D eigenvalue weighted by Gasteiger charge is 2.19. The van der Waals surface area contributed by atoms with Gasteiger partial charge in [-0.15, -0.1) is 0 Å². The maximum atomic E-state index is 6.63. The van der Waals surface area contributed by atoms with E-state index in [1.54, 1.807) is 12.1 Å². The van der Waals surface area contributed by atoms with Gasteiger partial charge in [0.15, 0.2) is 0 Å². The van der Waals surface area contributed by atoms with E-state index in [4.69, 9.17) is 63.7 Å². The number of rotatable bonds is 3. The Morgan fingerprint density at radius 1 is 0.400 bits per heavy atom. The number of nitrogen functional groups attached to an aromatic ring is 1. The van der Waals surface area contributed by atoms with Gasteiger partial charge in [0, 0.05) is 20.9 Å². The third kappa shape index (κ3) is 8.50. The lowest BCUT2D eigenvalue weighted by Gasteiger charge is -2.28. The molecule has 50 heavy (non-hydrogen) atoms. The normalized spacial score (nSPS) is 10.7. The summed E-state index contributed by atoms with van der Waals surface area (Å²) in [7, 11) is 0. The summed E-state index contributed by atoms with van der Waals surface area (Å²) < 4.78 is 1.14. The summed E-state index contributed by atoms with van der Waals surface area (Å²) in [5.41, 5.74) is 8.59. The zero-order valence-corrected chi connectivity index (χ0v) is 31.7. The molecule has 8 heteroatoms. The van der Waals surface area contributed by atoms with Gasteiger partial charge in [0.25, 0.3) is 0 Å². The molecule has 2 nitrogen and oxygen atoms in total. The lowest BCUT2D eigenvalue weighted by Crippen LogP contribution is -2.11. The fourth-order valence-corrected chi connectivity index (χ4v) is 7.22. The molecule has 0 unspecified atom stereocenters. The second kappa shape index (κ2) is 16.4. The molecular weight excluding hydrogens is 790 g/mol. The Kier molecular flexibility index (Phi) is 11.8. The standard InChI is InChI=1S/C26H17Cl2N.C10H7Br.C6H4Cl3N/c27-24-10-5-11-25(28)26(24)29(22-14-12-18-6-1-3-8-20(18)16-22)23-15-13-19-7-2-4-9-21(19)17-23;11-10-6-5-8-3-1-2-4-9(8)7-10;7-3-1-4(8)6(10)5(9)2-3/h1-17H;1-7H;1-2H,10H2. The fourth-order valence-electron chi connectivity index (χ4n) is 5.46. The van der Waals surface area contributed by atoms with Crippen LogP contribution in [0.3, 0.4) is 0 Å². The molecule has 0 saturated carbocycles. The van der Waals surface area contributed by atoms with E-state index >= 15 is 0 Å². The molecule has 0 heterocycles. The summed E-state index contributed by atoms with van der Waals surface area (Å²) in [6.45, 7) is 0. The zero-order valence-electron chi connectivity index (χ0n) is 26.3. The maximum Gasteiger partial charge on any atom is 0.0835 e. The largest absolute Gasteiger partial charge is 0.396 e. The second-order valence-corrected chi connectivity index (χ2v) is 14.2. The van der Waals surface area contributed by atoms with Crippen molar-refractivity contribution in [2.75, 3.05) is 10.6 Å². The van der Waals surface area contributed by atoms with Crippen LogP contribution in [0.2, 0.25) is 25.1 Å². The van der Waals surface area contributed by atoms with Crippen molar-refractivity contribution in [3.63, 3.8) is 0 Å². The number of hydrogen-bond donors (Lipinski definition) is 1. The van der Waals surface area contributed by atoms with E-state index in [-0.39, 0.29) is 0 Å². The minimum absolute atomic E-state index is 0.368. The van der Waals surface area contributed by atoms with E-state index in [0.717, 1.165) is 21.5 Å². The molecule has 8 aromatic carbocycles. The molecular formula is C42H28BrCl5N2. The molecule has 0 aliphatic carbocycles. The van der Waals surface area contributed by atoms with Crippen LogP contribution in [0.1, 0.15) is 0 Å². The van der Waals surface area contributed by atoms with E-state index in [2.05, 4.69) is 136 Å². The van der Waals surface area contributed by atoms with Gasteiger partial charge in [-0.05, 0) is 93.0 Å². The molecule has 2 N–H and O–H groups in total. The number of fused-ring (bicyclic) bond motifs is 3. The monoisotopic (exact) mass is 814 g/mol. The van der Waals surface area contributed by atoms with Gasteiger partial charge >= 0.3 is 0 Å². The number of benzene rings is 8. The summed E-state index contributed by atoms with van der Waals surface area (Å²) in [4.78, 5) is 2.13. The number of halogens is 6. The van der Waals surface area contributed by atoms with Crippen molar-refractivity contribution in [3.05, 3.63) is 187 Å². The van der Waals surface area contributed by atoms with Crippen molar-refractivity contribution >= 4 is 129 Å². The molecule has 0 radical (unpaired) electrons. The van der Waals surface area contributed by atoms with Crippen molar-refractivity contribution in [2.24, 2.45) is 0 Å². The van der Waals surface area contributed by atoms with Gasteiger partial charge in [0.2, 0.25) is 0 Å². The van der Waals surface area contributed by atoms with Gasteiger partial charge in [0.1, 0.15) is 0 Å². The Morgan fingerprint density at radius 2 is 0.800 bits per heavy atom. The molecule has 0 aromatic heterocycles. The molecule has 0 saturated heterocycles. The Morgan fingerprint density at radius 3 is 1.26 bits per heavy atom. The molecule has 0 bridgehead atoms. The molecule has 0 aliphatic heterocycles. The summed E-state index contributed by atoms with van der Waals surface area (Å²) in [5.74, 6) is 0. The number of anilines is 4. The summed E-state index contributed by atoms with van der Waals surface area (Å²) in [6.07, 6.45) is 0. The van der Waals surface area contributed by atoms with Gasteiger partial charge < -0.3 is 10.6 Å². The smallest absolute Gasteiger partial charge is 0.0835 e. The van der Waals surface area contributed by atoms with Gasteiger partial charge in [-0.2, -0.15) is 0 Å². The Hall–Kier alpha value is -3.93. The van der Waals surface area contributed by atoms with Crippen LogP contribution in [-0.4, -0.2) is 0 Å². The van der Waals surface area contributed by atoms with Crippen LogP contribution in [0.5, 0.6) is 0 Å². The van der Waals surface area contributed by atoms with Crippen molar-refractivity contribution < 1.29 is 0 Å². The van der Waals surface area contributed by atoms with E-state index in [1.165, 1.54) is 32.3 Å². The fraction of sp³-hybridized carbons (Fsp3) is 0. The zero-order chi connectivity index (χ0) is 35.2.